The molecule has 3 N–H and O–H groups in total. The molecule has 0 aliphatic carbocycles. The molecule has 1 amide bonds. The van der Waals surface area contributed by atoms with Gasteiger partial charge in [0.1, 0.15) is 5.82 Å². The maximum Gasteiger partial charge on any atom is 0.280 e. The standard InChI is InChI=1S/C15H11ClFN5O/c16-9-1-7-12(8-2-9)22-14(18)13(20-21-22)15(23)19-11-5-3-10(17)4-6-11/h1-8H,18H2,(H,19,23). The maximum atomic E-state index is 12.9. The fourth-order valence-corrected chi connectivity index (χ4v) is 2.07. The van der Waals surface area contributed by atoms with Crippen molar-refractivity contribution in [3.63, 3.8) is 0 Å². The van der Waals surface area contributed by atoms with Crippen LogP contribution in [0.4, 0.5) is 15.9 Å². The summed E-state index contributed by atoms with van der Waals surface area (Å²) in [7, 11) is 0. The Bertz CT molecular complexity index is 845. The van der Waals surface area contributed by atoms with E-state index in [1.54, 1.807) is 24.3 Å². The van der Waals surface area contributed by atoms with E-state index in [-0.39, 0.29) is 11.5 Å². The first-order valence-corrected chi connectivity index (χ1v) is 6.96. The van der Waals surface area contributed by atoms with Crippen LogP contribution >= 0.6 is 11.6 Å². The van der Waals surface area contributed by atoms with Crippen molar-refractivity contribution >= 4 is 29.0 Å². The van der Waals surface area contributed by atoms with Crippen LogP contribution in [0.2, 0.25) is 5.02 Å². The summed E-state index contributed by atoms with van der Waals surface area (Å²) < 4.78 is 14.2. The van der Waals surface area contributed by atoms with E-state index in [0.717, 1.165) is 0 Å². The van der Waals surface area contributed by atoms with E-state index in [9.17, 15) is 9.18 Å². The van der Waals surface area contributed by atoms with Crippen LogP contribution in [-0.4, -0.2) is 20.9 Å². The highest BCUT2D eigenvalue weighted by molar-refractivity contribution is 6.30. The van der Waals surface area contributed by atoms with Crippen LogP contribution in [0.3, 0.4) is 0 Å². The fraction of sp³-hybridized carbons (Fsp3) is 0. The lowest BCUT2D eigenvalue weighted by Crippen LogP contribution is -2.15. The zero-order chi connectivity index (χ0) is 16.4. The molecule has 0 fully saturated rings. The van der Waals surface area contributed by atoms with Crippen molar-refractivity contribution in [2.75, 3.05) is 11.1 Å². The van der Waals surface area contributed by atoms with Gasteiger partial charge >= 0.3 is 0 Å². The highest BCUT2D eigenvalue weighted by Gasteiger charge is 2.18. The molecule has 1 heterocycles. The van der Waals surface area contributed by atoms with E-state index in [0.29, 0.717) is 16.4 Å². The summed E-state index contributed by atoms with van der Waals surface area (Å²) in [4.78, 5) is 12.2. The van der Waals surface area contributed by atoms with E-state index in [4.69, 9.17) is 17.3 Å². The number of nitrogens with two attached hydrogens (primary N) is 1. The van der Waals surface area contributed by atoms with Gasteiger partial charge < -0.3 is 11.1 Å². The number of amides is 1. The molecule has 0 unspecified atom stereocenters. The topological polar surface area (TPSA) is 85.8 Å². The van der Waals surface area contributed by atoms with Crippen molar-refractivity contribution in [1.29, 1.82) is 0 Å². The number of carbonyl (C=O) groups excluding carboxylic acids is 1. The molecule has 3 rings (SSSR count). The molecule has 0 saturated carbocycles. The van der Waals surface area contributed by atoms with Crippen molar-refractivity contribution < 1.29 is 9.18 Å². The van der Waals surface area contributed by atoms with Gasteiger partial charge in [-0.2, -0.15) is 4.68 Å². The van der Waals surface area contributed by atoms with E-state index < -0.39 is 11.7 Å². The van der Waals surface area contributed by atoms with Crippen molar-refractivity contribution in [2.24, 2.45) is 0 Å². The Morgan fingerprint density at radius 1 is 1.13 bits per heavy atom. The van der Waals surface area contributed by atoms with Gasteiger partial charge in [0, 0.05) is 10.7 Å². The number of nitrogen functional groups attached to an aromatic ring is 1. The minimum Gasteiger partial charge on any atom is -0.382 e. The van der Waals surface area contributed by atoms with Gasteiger partial charge in [-0.25, -0.2) is 4.39 Å². The second-order valence-corrected chi connectivity index (χ2v) is 5.11. The second kappa shape index (κ2) is 6.05. The first kappa shape index (κ1) is 15.0. The third kappa shape index (κ3) is 3.14. The van der Waals surface area contributed by atoms with Gasteiger partial charge in [-0.05, 0) is 48.5 Å². The largest absolute Gasteiger partial charge is 0.382 e. The summed E-state index contributed by atoms with van der Waals surface area (Å²) in [5.41, 5.74) is 6.97. The Morgan fingerprint density at radius 2 is 1.78 bits per heavy atom. The quantitative estimate of drug-likeness (QED) is 0.772. The van der Waals surface area contributed by atoms with Crippen LogP contribution in [0.5, 0.6) is 0 Å². The Balaban J connectivity index is 1.85. The molecule has 0 aliphatic heterocycles. The molecule has 0 saturated heterocycles. The Morgan fingerprint density at radius 3 is 2.43 bits per heavy atom. The molecule has 8 heteroatoms. The van der Waals surface area contributed by atoms with Gasteiger partial charge in [0.25, 0.3) is 5.91 Å². The van der Waals surface area contributed by atoms with Gasteiger partial charge in [0.2, 0.25) is 0 Å². The number of hydrogen-bond donors (Lipinski definition) is 2. The van der Waals surface area contributed by atoms with E-state index in [1.807, 2.05) is 0 Å². The Labute approximate surface area is 135 Å². The molecule has 0 aliphatic rings. The Kier molecular flexibility index (Phi) is 3.94. The van der Waals surface area contributed by atoms with Crippen molar-refractivity contribution in [1.82, 2.24) is 15.0 Å². The maximum absolute atomic E-state index is 12.9. The van der Waals surface area contributed by atoms with E-state index in [2.05, 4.69) is 15.6 Å². The van der Waals surface area contributed by atoms with Crippen molar-refractivity contribution in [3.8, 4) is 5.69 Å². The smallest absolute Gasteiger partial charge is 0.280 e. The minimum atomic E-state index is -0.533. The first-order chi connectivity index (χ1) is 11.0. The molecular weight excluding hydrogens is 321 g/mol. The summed E-state index contributed by atoms with van der Waals surface area (Å²) >= 11 is 5.83. The summed E-state index contributed by atoms with van der Waals surface area (Å²) in [6.07, 6.45) is 0. The number of nitrogens with one attached hydrogen (secondary N) is 1. The lowest BCUT2D eigenvalue weighted by Gasteiger charge is -2.05. The zero-order valence-corrected chi connectivity index (χ0v) is 12.5. The summed E-state index contributed by atoms with van der Waals surface area (Å²) in [6, 6.07) is 12.1. The average molecular weight is 332 g/mol. The third-order valence-electron chi connectivity index (χ3n) is 3.09. The Hall–Kier alpha value is -2.93. The molecule has 0 radical (unpaired) electrons. The zero-order valence-electron chi connectivity index (χ0n) is 11.7. The van der Waals surface area contributed by atoms with Gasteiger partial charge in [-0.15, -0.1) is 5.10 Å². The summed E-state index contributed by atoms with van der Waals surface area (Å²) in [5, 5.41) is 10.8. The van der Waals surface area contributed by atoms with Gasteiger partial charge in [-0.3, -0.25) is 4.79 Å². The van der Waals surface area contributed by atoms with Crippen LogP contribution in [0, 0.1) is 5.82 Å². The number of rotatable bonds is 3. The van der Waals surface area contributed by atoms with Gasteiger partial charge in [0.05, 0.1) is 5.69 Å². The molecular formula is C15H11ClFN5O. The molecule has 0 atom stereocenters. The normalized spacial score (nSPS) is 10.5. The first-order valence-electron chi connectivity index (χ1n) is 6.58. The monoisotopic (exact) mass is 331 g/mol. The van der Waals surface area contributed by atoms with Crippen LogP contribution in [0.25, 0.3) is 5.69 Å². The predicted molar refractivity (Wildman–Crippen MR) is 85.1 cm³/mol. The van der Waals surface area contributed by atoms with Crippen LogP contribution in [0.15, 0.2) is 48.5 Å². The number of nitrogens with zero attached hydrogens (tertiary/aromatic N) is 3. The lowest BCUT2D eigenvalue weighted by atomic mass is 10.3. The molecule has 0 spiro atoms. The van der Waals surface area contributed by atoms with Crippen LogP contribution in [0.1, 0.15) is 10.5 Å². The summed E-state index contributed by atoms with van der Waals surface area (Å²) in [6.45, 7) is 0. The van der Waals surface area contributed by atoms with Crippen molar-refractivity contribution in [2.45, 2.75) is 0 Å². The molecule has 0 bridgehead atoms. The molecule has 3 aromatic rings. The van der Waals surface area contributed by atoms with Gasteiger partial charge in [-0.1, -0.05) is 16.8 Å². The highest BCUT2D eigenvalue weighted by Crippen LogP contribution is 2.18. The van der Waals surface area contributed by atoms with E-state index in [1.165, 1.54) is 28.9 Å². The third-order valence-corrected chi connectivity index (χ3v) is 3.35. The molecule has 116 valence electrons. The van der Waals surface area contributed by atoms with E-state index >= 15 is 0 Å². The predicted octanol–water partition coefficient (Wildman–Crippen LogP) is 2.89. The number of benzene rings is 2. The summed E-state index contributed by atoms with van der Waals surface area (Å²) in [5.74, 6) is -0.836. The molecule has 23 heavy (non-hydrogen) atoms. The highest BCUT2D eigenvalue weighted by atomic mass is 35.5. The number of hydrogen-bond acceptors (Lipinski definition) is 4. The van der Waals surface area contributed by atoms with Crippen LogP contribution < -0.4 is 11.1 Å². The fourth-order valence-electron chi connectivity index (χ4n) is 1.95. The number of carbonyl (C=O) groups is 1. The number of halogens is 2. The molecule has 6 nitrogen and oxygen atoms in total. The molecule has 2 aromatic carbocycles. The minimum absolute atomic E-state index is 0.0238. The average Bonchev–Trinajstić information content (AvgIpc) is 2.92. The lowest BCUT2D eigenvalue weighted by molar-refractivity contribution is 0.102. The van der Waals surface area contributed by atoms with Crippen LogP contribution in [-0.2, 0) is 0 Å². The molecule has 1 aromatic heterocycles. The number of anilines is 2. The van der Waals surface area contributed by atoms with Crippen molar-refractivity contribution in [3.05, 3.63) is 65.1 Å². The second-order valence-electron chi connectivity index (χ2n) is 4.67. The number of aromatic nitrogens is 3. The SMILES string of the molecule is Nc1c(C(=O)Nc2ccc(F)cc2)nnn1-c1ccc(Cl)cc1. The van der Waals surface area contributed by atoms with Gasteiger partial charge in [0.15, 0.2) is 11.5 Å².